The van der Waals surface area contributed by atoms with Crippen LogP contribution in [0.3, 0.4) is 0 Å². The SMILES string of the molecule is Cc1nc([C@@H]2CCN(C(=O)[C@@H]3CCCO3)C2)nc(C)c1CC(=O)NC1CCCC1. The Kier molecular flexibility index (Phi) is 6.13. The maximum atomic E-state index is 12.6. The molecule has 0 spiro atoms. The average Bonchev–Trinajstić information content (AvgIpc) is 3.46. The summed E-state index contributed by atoms with van der Waals surface area (Å²) in [6, 6.07) is 0.328. The second kappa shape index (κ2) is 8.78. The summed E-state index contributed by atoms with van der Waals surface area (Å²) in [5.74, 6) is 1.12. The second-order valence-electron chi connectivity index (χ2n) is 8.73. The summed E-state index contributed by atoms with van der Waals surface area (Å²) in [7, 11) is 0. The van der Waals surface area contributed by atoms with Crippen LogP contribution in [0, 0.1) is 13.8 Å². The molecule has 1 aromatic rings. The quantitative estimate of drug-likeness (QED) is 0.819. The van der Waals surface area contributed by atoms with Crippen molar-refractivity contribution in [3.8, 4) is 0 Å². The molecule has 2 amide bonds. The number of carbonyl (C=O) groups excluding carboxylic acids is 2. The van der Waals surface area contributed by atoms with E-state index in [0.29, 0.717) is 25.6 Å². The molecule has 1 aliphatic carbocycles. The van der Waals surface area contributed by atoms with Gasteiger partial charge >= 0.3 is 0 Å². The molecule has 1 aromatic heterocycles. The minimum Gasteiger partial charge on any atom is -0.368 e. The van der Waals surface area contributed by atoms with Gasteiger partial charge in [-0.3, -0.25) is 9.59 Å². The molecule has 2 aliphatic heterocycles. The molecule has 3 aliphatic rings. The molecule has 2 saturated heterocycles. The van der Waals surface area contributed by atoms with Crippen molar-refractivity contribution in [1.82, 2.24) is 20.2 Å². The monoisotopic (exact) mass is 400 g/mol. The Bertz CT molecular complexity index is 746. The van der Waals surface area contributed by atoms with Crippen LogP contribution in [0.2, 0.25) is 0 Å². The highest BCUT2D eigenvalue weighted by Gasteiger charge is 2.35. The topological polar surface area (TPSA) is 84.4 Å². The Labute approximate surface area is 172 Å². The Hall–Kier alpha value is -2.02. The highest BCUT2D eigenvalue weighted by molar-refractivity contribution is 5.81. The van der Waals surface area contributed by atoms with Gasteiger partial charge in [0.1, 0.15) is 11.9 Å². The number of nitrogens with zero attached hydrogens (tertiary/aromatic N) is 3. The van der Waals surface area contributed by atoms with E-state index >= 15 is 0 Å². The molecule has 0 aromatic carbocycles. The van der Waals surface area contributed by atoms with E-state index in [2.05, 4.69) is 5.32 Å². The van der Waals surface area contributed by atoms with Gasteiger partial charge in [0.15, 0.2) is 0 Å². The molecule has 3 fully saturated rings. The number of aromatic nitrogens is 2. The Morgan fingerprint density at radius 3 is 2.45 bits per heavy atom. The first-order valence-corrected chi connectivity index (χ1v) is 11.0. The molecule has 2 atom stereocenters. The highest BCUT2D eigenvalue weighted by Crippen LogP contribution is 2.28. The third-order valence-electron chi connectivity index (χ3n) is 6.57. The molecule has 1 N–H and O–H groups in total. The lowest BCUT2D eigenvalue weighted by atomic mass is 10.0. The van der Waals surface area contributed by atoms with Crippen LogP contribution in [-0.2, 0) is 20.7 Å². The van der Waals surface area contributed by atoms with Gasteiger partial charge in [0, 0.05) is 48.6 Å². The first-order chi connectivity index (χ1) is 14.0. The number of carbonyl (C=O) groups is 2. The van der Waals surface area contributed by atoms with Gasteiger partial charge in [-0.25, -0.2) is 9.97 Å². The fourth-order valence-corrected chi connectivity index (χ4v) is 4.86. The van der Waals surface area contributed by atoms with E-state index in [4.69, 9.17) is 14.7 Å². The predicted octanol–water partition coefficient (Wildman–Crippen LogP) is 2.19. The van der Waals surface area contributed by atoms with E-state index in [1.807, 2.05) is 18.7 Å². The van der Waals surface area contributed by atoms with Crippen molar-refractivity contribution >= 4 is 11.8 Å². The lowest BCUT2D eigenvalue weighted by molar-refractivity contribution is -0.139. The lowest BCUT2D eigenvalue weighted by Gasteiger charge is -2.20. The number of amides is 2. The van der Waals surface area contributed by atoms with Crippen LogP contribution in [0.25, 0.3) is 0 Å². The van der Waals surface area contributed by atoms with Crippen LogP contribution < -0.4 is 5.32 Å². The molecule has 158 valence electrons. The first kappa shape index (κ1) is 20.3. The summed E-state index contributed by atoms with van der Waals surface area (Å²) in [6.45, 7) is 5.99. The number of hydrogen-bond donors (Lipinski definition) is 1. The lowest BCUT2D eigenvalue weighted by Crippen LogP contribution is -2.37. The third-order valence-corrected chi connectivity index (χ3v) is 6.57. The zero-order chi connectivity index (χ0) is 20.4. The smallest absolute Gasteiger partial charge is 0.251 e. The number of hydrogen-bond acceptors (Lipinski definition) is 5. The van der Waals surface area contributed by atoms with Crippen molar-refractivity contribution in [2.75, 3.05) is 19.7 Å². The van der Waals surface area contributed by atoms with Gasteiger partial charge < -0.3 is 15.0 Å². The van der Waals surface area contributed by atoms with Gasteiger partial charge in [-0.15, -0.1) is 0 Å². The van der Waals surface area contributed by atoms with E-state index in [0.717, 1.165) is 61.4 Å². The average molecular weight is 401 g/mol. The summed E-state index contributed by atoms with van der Waals surface area (Å²) < 4.78 is 5.55. The largest absolute Gasteiger partial charge is 0.368 e. The van der Waals surface area contributed by atoms with Gasteiger partial charge in [0.05, 0.1) is 6.42 Å². The zero-order valence-electron chi connectivity index (χ0n) is 17.6. The number of aryl methyl sites for hydroxylation is 2. The van der Waals surface area contributed by atoms with Crippen molar-refractivity contribution < 1.29 is 14.3 Å². The van der Waals surface area contributed by atoms with Gasteiger partial charge in [-0.2, -0.15) is 0 Å². The fraction of sp³-hybridized carbons (Fsp3) is 0.727. The van der Waals surface area contributed by atoms with Crippen LogP contribution in [0.15, 0.2) is 0 Å². The molecular formula is C22H32N4O3. The molecule has 3 heterocycles. The molecule has 7 heteroatoms. The summed E-state index contributed by atoms with van der Waals surface area (Å²) in [6.07, 6.45) is 7.31. The highest BCUT2D eigenvalue weighted by atomic mass is 16.5. The standard InChI is InChI=1S/C22H32N4O3/c1-14-18(12-20(27)25-17-6-3-4-7-17)15(2)24-21(23-14)16-9-10-26(13-16)22(28)19-8-5-11-29-19/h16-17,19H,3-13H2,1-2H3,(H,25,27)/t16-,19+/m1/s1. The van der Waals surface area contributed by atoms with Gasteiger partial charge in [0.25, 0.3) is 5.91 Å². The van der Waals surface area contributed by atoms with E-state index in [1.54, 1.807) is 0 Å². The number of ether oxygens (including phenoxy) is 1. The number of rotatable bonds is 5. The van der Waals surface area contributed by atoms with Gasteiger partial charge in [0.2, 0.25) is 5.91 Å². The summed E-state index contributed by atoms with van der Waals surface area (Å²) in [5, 5.41) is 3.15. The summed E-state index contributed by atoms with van der Waals surface area (Å²) in [5.41, 5.74) is 2.67. The van der Waals surface area contributed by atoms with Crippen LogP contribution in [0.1, 0.15) is 73.6 Å². The minimum absolute atomic E-state index is 0.0636. The van der Waals surface area contributed by atoms with Crippen molar-refractivity contribution in [2.24, 2.45) is 0 Å². The normalized spacial score (nSPS) is 25.0. The maximum Gasteiger partial charge on any atom is 0.251 e. The van der Waals surface area contributed by atoms with E-state index in [-0.39, 0.29) is 23.8 Å². The van der Waals surface area contributed by atoms with Crippen molar-refractivity contribution in [3.05, 3.63) is 22.8 Å². The maximum absolute atomic E-state index is 12.6. The Morgan fingerprint density at radius 1 is 1.07 bits per heavy atom. The molecular weight excluding hydrogens is 368 g/mol. The van der Waals surface area contributed by atoms with Gasteiger partial charge in [-0.1, -0.05) is 12.8 Å². The van der Waals surface area contributed by atoms with E-state index < -0.39 is 0 Å². The predicted molar refractivity (Wildman–Crippen MR) is 109 cm³/mol. The molecule has 4 rings (SSSR count). The first-order valence-electron chi connectivity index (χ1n) is 11.0. The molecule has 29 heavy (non-hydrogen) atoms. The van der Waals surface area contributed by atoms with Gasteiger partial charge in [-0.05, 0) is 46.0 Å². The van der Waals surface area contributed by atoms with Crippen LogP contribution in [0.4, 0.5) is 0 Å². The van der Waals surface area contributed by atoms with Crippen LogP contribution in [-0.4, -0.2) is 58.5 Å². The number of likely N-dealkylation sites (tertiary alicyclic amines) is 1. The minimum atomic E-state index is -0.265. The van der Waals surface area contributed by atoms with E-state index in [1.165, 1.54) is 12.8 Å². The molecule has 0 radical (unpaired) electrons. The molecule has 0 bridgehead atoms. The second-order valence-corrected chi connectivity index (χ2v) is 8.73. The number of nitrogens with one attached hydrogen (secondary N) is 1. The van der Waals surface area contributed by atoms with Crippen LogP contribution in [0.5, 0.6) is 0 Å². The van der Waals surface area contributed by atoms with E-state index in [9.17, 15) is 9.59 Å². The zero-order valence-corrected chi connectivity index (χ0v) is 17.6. The Balaban J connectivity index is 1.39. The van der Waals surface area contributed by atoms with Crippen LogP contribution >= 0.6 is 0 Å². The summed E-state index contributed by atoms with van der Waals surface area (Å²) in [4.78, 5) is 36.4. The third kappa shape index (κ3) is 4.60. The molecule has 0 unspecified atom stereocenters. The summed E-state index contributed by atoms with van der Waals surface area (Å²) >= 11 is 0. The van der Waals surface area contributed by atoms with Crippen molar-refractivity contribution in [3.63, 3.8) is 0 Å². The Morgan fingerprint density at radius 2 is 1.79 bits per heavy atom. The van der Waals surface area contributed by atoms with Crippen molar-refractivity contribution in [1.29, 1.82) is 0 Å². The van der Waals surface area contributed by atoms with Crippen molar-refractivity contribution in [2.45, 2.75) is 83.3 Å². The molecule has 1 saturated carbocycles. The molecule has 7 nitrogen and oxygen atoms in total. The fourth-order valence-electron chi connectivity index (χ4n) is 4.86.